The van der Waals surface area contributed by atoms with Gasteiger partial charge in [-0.1, -0.05) is 30.7 Å². The van der Waals surface area contributed by atoms with Crippen LogP contribution in [-0.4, -0.2) is 10.8 Å². The molecular weight excluding hydrogens is 258 g/mol. The minimum Gasteiger partial charge on any atom is -0.299 e. The van der Waals surface area contributed by atoms with Crippen LogP contribution >= 0.6 is 0 Å². The van der Waals surface area contributed by atoms with Crippen LogP contribution in [0.4, 0.5) is 0 Å². The molecule has 1 atom stereocenters. The first-order valence-corrected chi connectivity index (χ1v) is 7.61. The second-order valence-electron chi connectivity index (χ2n) is 5.89. The van der Waals surface area contributed by atoms with Crippen molar-refractivity contribution >= 4 is 11.9 Å². The Morgan fingerprint density at radius 3 is 2.52 bits per heavy atom. The molecule has 0 amide bonds. The van der Waals surface area contributed by atoms with Gasteiger partial charge in [-0.05, 0) is 64.7 Å². The molecule has 21 heavy (non-hydrogen) atoms. The molecule has 0 saturated heterocycles. The lowest BCUT2D eigenvalue weighted by atomic mass is 9.76. The molecule has 0 fully saturated rings. The molecule has 0 radical (unpaired) electrons. The molecule has 1 unspecified atom stereocenters. The van der Waals surface area contributed by atoms with Crippen LogP contribution in [0.1, 0.15) is 57.9 Å². The van der Waals surface area contributed by atoms with E-state index in [4.69, 9.17) is 0 Å². The average molecular weight is 285 g/mol. The minimum atomic E-state index is -0.454. The summed E-state index contributed by atoms with van der Waals surface area (Å²) in [7, 11) is 0. The quantitative estimate of drug-likeness (QED) is 0.695. The number of allylic oxidation sites excluding steroid dienone is 3. The number of hydrogen-bond acceptors (Lipinski definition) is 2. The first kappa shape index (κ1) is 17.4. The summed E-state index contributed by atoms with van der Waals surface area (Å²) < 4.78 is 0. The van der Waals surface area contributed by atoms with E-state index >= 15 is 0 Å². The summed E-state index contributed by atoms with van der Waals surface area (Å²) in [5, 5.41) is 0. The smallest absolute Gasteiger partial charge is 0.140 e. The number of pyridine rings is 1. The lowest BCUT2D eigenvalue weighted by molar-refractivity contribution is -0.123. The average Bonchev–Trinajstić information content (AvgIpc) is 2.46. The molecule has 0 aliphatic carbocycles. The fourth-order valence-corrected chi connectivity index (χ4v) is 2.29. The third kappa shape index (κ3) is 4.13. The number of ketones is 1. The number of carbonyl (C=O) groups excluding carboxylic acids is 1. The molecule has 1 aromatic rings. The summed E-state index contributed by atoms with van der Waals surface area (Å²) in [5.41, 5.74) is 3.96. The molecule has 114 valence electrons. The van der Waals surface area contributed by atoms with Crippen molar-refractivity contribution in [3.05, 3.63) is 46.8 Å². The van der Waals surface area contributed by atoms with Gasteiger partial charge in [0.25, 0.3) is 0 Å². The highest BCUT2D eigenvalue weighted by atomic mass is 16.1. The highest BCUT2D eigenvalue weighted by Gasteiger charge is 2.30. The Balaban J connectivity index is 3.19. The van der Waals surface area contributed by atoms with Crippen LogP contribution in [0.2, 0.25) is 0 Å². The van der Waals surface area contributed by atoms with E-state index in [1.807, 2.05) is 33.0 Å². The molecule has 1 rings (SSSR count). The van der Waals surface area contributed by atoms with E-state index in [2.05, 4.69) is 37.0 Å². The Morgan fingerprint density at radius 1 is 1.38 bits per heavy atom. The highest BCUT2D eigenvalue weighted by molar-refractivity contribution is 5.86. The zero-order chi connectivity index (χ0) is 16.0. The topological polar surface area (TPSA) is 30.0 Å². The Morgan fingerprint density at radius 2 is 2.05 bits per heavy atom. The van der Waals surface area contributed by atoms with E-state index in [0.29, 0.717) is 0 Å². The summed E-state index contributed by atoms with van der Waals surface area (Å²) in [4.78, 5) is 16.6. The largest absolute Gasteiger partial charge is 0.299 e. The number of aromatic nitrogens is 1. The van der Waals surface area contributed by atoms with Crippen LogP contribution in [0.5, 0.6) is 0 Å². The zero-order valence-electron chi connectivity index (χ0n) is 14.2. The Hall–Kier alpha value is -1.70. The first-order chi connectivity index (χ1) is 9.85. The van der Waals surface area contributed by atoms with Gasteiger partial charge in [-0.15, -0.1) is 0 Å². The molecule has 0 spiro atoms. The van der Waals surface area contributed by atoms with Crippen LogP contribution in [0, 0.1) is 12.3 Å². The fraction of sp³-hybridized carbons (Fsp3) is 0.474. The number of carbonyl (C=O) groups is 1. The van der Waals surface area contributed by atoms with Crippen LogP contribution in [0.3, 0.4) is 0 Å². The normalized spacial score (nSPS) is 15.2. The van der Waals surface area contributed by atoms with Crippen molar-refractivity contribution < 1.29 is 4.79 Å². The van der Waals surface area contributed by atoms with Gasteiger partial charge >= 0.3 is 0 Å². The van der Waals surface area contributed by atoms with Gasteiger partial charge in [-0.2, -0.15) is 0 Å². The summed E-state index contributed by atoms with van der Waals surface area (Å²) in [5.74, 6) is 0.192. The molecule has 2 heteroatoms. The van der Waals surface area contributed by atoms with Gasteiger partial charge in [0.1, 0.15) is 5.78 Å². The minimum absolute atomic E-state index is 0.192. The van der Waals surface area contributed by atoms with Gasteiger partial charge in [0.05, 0.1) is 11.1 Å². The number of nitrogens with zero attached hydrogens (tertiary/aromatic N) is 1. The first-order valence-electron chi connectivity index (χ1n) is 7.61. The Bertz CT molecular complexity index is 569. The second-order valence-corrected chi connectivity index (χ2v) is 5.89. The van der Waals surface area contributed by atoms with Crippen molar-refractivity contribution in [2.75, 3.05) is 0 Å². The molecule has 0 saturated carbocycles. The lowest BCUT2D eigenvalue weighted by Gasteiger charge is -2.27. The molecule has 0 aliphatic rings. The summed E-state index contributed by atoms with van der Waals surface area (Å²) in [6.07, 6.45) is 9.74. The molecule has 0 bridgehead atoms. The van der Waals surface area contributed by atoms with Gasteiger partial charge in [0.15, 0.2) is 0 Å². The fourth-order valence-electron chi connectivity index (χ4n) is 2.29. The SMILES string of the molecule is CC=CCC(C)(C(C)=O)C(C)=Cc1ncc(CC)cc1C. The number of Topliss-reactive ketones (excluding diaryl/α,β-unsaturated/α-hetero) is 1. The van der Waals surface area contributed by atoms with Gasteiger partial charge in [-0.25, -0.2) is 0 Å². The van der Waals surface area contributed by atoms with E-state index < -0.39 is 5.41 Å². The van der Waals surface area contributed by atoms with Crippen LogP contribution in [-0.2, 0) is 11.2 Å². The molecule has 0 aromatic carbocycles. The number of aryl methyl sites for hydroxylation is 2. The number of hydrogen-bond donors (Lipinski definition) is 0. The maximum atomic E-state index is 12.1. The van der Waals surface area contributed by atoms with E-state index in [-0.39, 0.29) is 5.78 Å². The van der Waals surface area contributed by atoms with E-state index in [1.54, 1.807) is 6.92 Å². The van der Waals surface area contributed by atoms with E-state index in [0.717, 1.165) is 29.7 Å². The van der Waals surface area contributed by atoms with Crippen molar-refractivity contribution in [2.24, 2.45) is 5.41 Å². The number of rotatable bonds is 6. The molecule has 1 aromatic heterocycles. The Labute approximate surface area is 129 Å². The third-order valence-corrected chi connectivity index (χ3v) is 4.35. The van der Waals surface area contributed by atoms with Crippen LogP contribution < -0.4 is 0 Å². The van der Waals surface area contributed by atoms with Gasteiger partial charge < -0.3 is 0 Å². The molecule has 1 heterocycles. The maximum Gasteiger partial charge on any atom is 0.140 e. The van der Waals surface area contributed by atoms with Crippen molar-refractivity contribution in [2.45, 2.75) is 54.4 Å². The van der Waals surface area contributed by atoms with Crippen molar-refractivity contribution in [3.8, 4) is 0 Å². The predicted molar refractivity (Wildman–Crippen MR) is 90.2 cm³/mol. The van der Waals surface area contributed by atoms with Crippen LogP contribution in [0.15, 0.2) is 30.0 Å². The summed E-state index contributed by atoms with van der Waals surface area (Å²) >= 11 is 0. The second kappa shape index (κ2) is 7.35. The Kier molecular flexibility index (Phi) is 6.07. The summed E-state index contributed by atoms with van der Waals surface area (Å²) in [6, 6.07) is 2.17. The van der Waals surface area contributed by atoms with Crippen molar-refractivity contribution in [1.82, 2.24) is 4.98 Å². The van der Waals surface area contributed by atoms with Gasteiger partial charge in [-0.3, -0.25) is 9.78 Å². The monoisotopic (exact) mass is 285 g/mol. The third-order valence-electron chi connectivity index (χ3n) is 4.35. The van der Waals surface area contributed by atoms with E-state index in [1.165, 1.54) is 5.56 Å². The zero-order valence-corrected chi connectivity index (χ0v) is 14.2. The van der Waals surface area contributed by atoms with Gasteiger partial charge in [0, 0.05) is 6.20 Å². The molecule has 0 aliphatic heterocycles. The molecule has 0 N–H and O–H groups in total. The maximum absolute atomic E-state index is 12.1. The predicted octanol–water partition coefficient (Wildman–Crippen LogP) is 4.92. The lowest BCUT2D eigenvalue weighted by Crippen LogP contribution is -2.26. The highest BCUT2D eigenvalue weighted by Crippen LogP contribution is 2.34. The summed E-state index contributed by atoms with van der Waals surface area (Å²) in [6.45, 7) is 11.9. The molecule has 2 nitrogen and oxygen atoms in total. The van der Waals surface area contributed by atoms with Crippen LogP contribution in [0.25, 0.3) is 6.08 Å². The van der Waals surface area contributed by atoms with Crippen molar-refractivity contribution in [1.29, 1.82) is 0 Å². The van der Waals surface area contributed by atoms with Crippen molar-refractivity contribution in [3.63, 3.8) is 0 Å². The molecular formula is C19H27NO. The van der Waals surface area contributed by atoms with E-state index in [9.17, 15) is 4.79 Å². The van der Waals surface area contributed by atoms with Gasteiger partial charge in [0.2, 0.25) is 0 Å². The standard InChI is InChI=1S/C19H27NO/c1-7-9-10-19(6,16(5)21)15(4)12-18-14(3)11-17(8-2)13-20-18/h7,9,11-13H,8,10H2,1-6H3.